The molecule has 1 atom stereocenters. The van der Waals surface area contributed by atoms with E-state index in [4.69, 9.17) is 11.6 Å². The average molecular weight is 275 g/mol. The first-order valence-corrected chi connectivity index (χ1v) is 6.67. The molecular weight excluding hydrogens is 260 g/mol. The fourth-order valence-corrected chi connectivity index (χ4v) is 2.68. The van der Waals surface area contributed by atoms with Crippen molar-refractivity contribution in [2.45, 2.75) is 6.04 Å². The smallest absolute Gasteiger partial charge is 0.0870 e. The van der Waals surface area contributed by atoms with Crippen LogP contribution in [-0.4, -0.2) is 23.4 Å². The van der Waals surface area contributed by atoms with E-state index in [1.54, 1.807) is 0 Å². The number of halogens is 1. The van der Waals surface area contributed by atoms with Crippen LogP contribution in [0.3, 0.4) is 0 Å². The highest BCUT2D eigenvalue weighted by atomic mass is 35.5. The maximum atomic E-state index is 10.3. The number of nitrogens with one attached hydrogen (secondary N) is 1. The third-order valence-electron chi connectivity index (χ3n) is 3.38. The fourth-order valence-electron chi connectivity index (χ4n) is 2.50. The Kier molecular flexibility index (Phi) is 3.42. The largest absolute Gasteiger partial charge is 0.383 e. The Morgan fingerprint density at radius 3 is 2.74 bits per heavy atom. The number of anilines is 1. The third kappa shape index (κ3) is 2.45. The first kappa shape index (κ1) is 12.5. The minimum Gasteiger partial charge on any atom is -0.383 e. The molecule has 2 N–H and O–H groups in total. The van der Waals surface area contributed by atoms with Crippen molar-refractivity contribution in [3.05, 3.63) is 64.7 Å². The summed E-state index contributed by atoms with van der Waals surface area (Å²) < 4.78 is 0. The van der Waals surface area contributed by atoms with E-state index >= 15 is 0 Å². The quantitative estimate of drug-likeness (QED) is 0.835. The first-order chi connectivity index (χ1) is 9.25. The molecule has 19 heavy (non-hydrogen) atoms. The van der Waals surface area contributed by atoms with Crippen LogP contribution in [0.25, 0.3) is 0 Å². The molecular formula is C15H15ClN2O. The molecule has 0 bridgehead atoms. The molecule has 0 saturated heterocycles. The van der Waals surface area contributed by atoms with Crippen LogP contribution in [0.1, 0.15) is 17.2 Å². The molecule has 1 unspecified atom stereocenters. The molecule has 0 spiro atoms. The van der Waals surface area contributed by atoms with Gasteiger partial charge in [-0.25, -0.2) is 0 Å². The molecule has 0 fully saturated rings. The molecule has 0 amide bonds. The van der Waals surface area contributed by atoms with E-state index < -0.39 is 0 Å². The van der Waals surface area contributed by atoms with Gasteiger partial charge in [0.15, 0.2) is 0 Å². The molecule has 0 aromatic heterocycles. The molecule has 3 nitrogen and oxygen atoms in total. The van der Waals surface area contributed by atoms with Gasteiger partial charge in [-0.3, -0.25) is 0 Å². The van der Waals surface area contributed by atoms with Gasteiger partial charge in [-0.2, -0.15) is 5.06 Å². The lowest BCUT2D eigenvalue weighted by atomic mass is 9.97. The van der Waals surface area contributed by atoms with E-state index in [9.17, 15) is 5.21 Å². The summed E-state index contributed by atoms with van der Waals surface area (Å²) in [5, 5.41) is 15.7. The van der Waals surface area contributed by atoms with E-state index in [-0.39, 0.29) is 6.04 Å². The van der Waals surface area contributed by atoms with E-state index in [0.29, 0.717) is 18.1 Å². The SMILES string of the molecule is ON1CCNc2ccc(Cl)cc2C1c1ccccc1. The summed E-state index contributed by atoms with van der Waals surface area (Å²) in [6, 6.07) is 15.5. The predicted octanol–water partition coefficient (Wildman–Crippen LogP) is 3.55. The Morgan fingerprint density at radius 1 is 1.16 bits per heavy atom. The minimum absolute atomic E-state index is 0.190. The molecule has 4 heteroatoms. The monoisotopic (exact) mass is 274 g/mol. The number of hydroxylamine groups is 2. The summed E-state index contributed by atoms with van der Waals surface area (Å²) >= 11 is 6.10. The van der Waals surface area contributed by atoms with Gasteiger partial charge in [0.2, 0.25) is 0 Å². The number of rotatable bonds is 1. The Balaban J connectivity index is 2.14. The van der Waals surface area contributed by atoms with Crippen LogP contribution in [0, 0.1) is 0 Å². The molecule has 98 valence electrons. The number of nitrogens with zero attached hydrogens (tertiary/aromatic N) is 1. The van der Waals surface area contributed by atoms with Crippen molar-refractivity contribution >= 4 is 17.3 Å². The van der Waals surface area contributed by atoms with Gasteiger partial charge in [-0.1, -0.05) is 41.9 Å². The van der Waals surface area contributed by atoms with Crippen LogP contribution in [0.5, 0.6) is 0 Å². The maximum absolute atomic E-state index is 10.3. The van der Waals surface area contributed by atoms with Gasteiger partial charge in [0.05, 0.1) is 6.04 Å². The lowest BCUT2D eigenvalue weighted by Crippen LogP contribution is -2.27. The van der Waals surface area contributed by atoms with Crippen molar-refractivity contribution in [2.24, 2.45) is 0 Å². The maximum Gasteiger partial charge on any atom is 0.0870 e. The summed E-state index contributed by atoms with van der Waals surface area (Å²) in [5.41, 5.74) is 3.07. The normalized spacial score (nSPS) is 19.4. The van der Waals surface area contributed by atoms with Crippen molar-refractivity contribution in [2.75, 3.05) is 18.4 Å². The summed E-state index contributed by atoms with van der Waals surface area (Å²) in [6.07, 6.45) is 0. The Morgan fingerprint density at radius 2 is 1.95 bits per heavy atom. The summed E-state index contributed by atoms with van der Waals surface area (Å²) in [6.45, 7) is 1.26. The van der Waals surface area contributed by atoms with Gasteiger partial charge < -0.3 is 10.5 Å². The van der Waals surface area contributed by atoms with Gasteiger partial charge in [-0.05, 0) is 23.8 Å². The molecule has 0 saturated carbocycles. The Labute approximate surface area is 117 Å². The molecule has 0 radical (unpaired) electrons. The summed E-state index contributed by atoms with van der Waals surface area (Å²) in [7, 11) is 0. The second-order valence-electron chi connectivity index (χ2n) is 4.63. The second-order valence-corrected chi connectivity index (χ2v) is 5.07. The number of hydrogen-bond donors (Lipinski definition) is 2. The van der Waals surface area contributed by atoms with Crippen LogP contribution in [-0.2, 0) is 0 Å². The molecule has 3 rings (SSSR count). The van der Waals surface area contributed by atoms with E-state index in [1.807, 2.05) is 48.5 Å². The topological polar surface area (TPSA) is 35.5 Å². The van der Waals surface area contributed by atoms with Crippen LogP contribution in [0.4, 0.5) is 5.69 Å². The van der Waals surface area contributed by atoms with Crippen molar-refractivity contribution < 1.29 is 5.21 Å². The zero-order valence-electron chi connectivity index (χ0n) is 10.4. The highest BCUT2D eigenvalue weighted by Crippen LogP contribution is 2.35. The molecule has 0 aliphatic carbocycles. The van der Waals surface area contributed by atoms with Gasteiger partial charge in [0.25, 0.3) is 0 Å². The molecule has 1 aliphatic rings. The molecule has 1 aliphatic heterocycles. The van der Waals surface area contributed by atoms with Crippen molar-refractivity contribution in [3.63, 3.8) is 0 Å². The van der Waals surface area contributed by atoms with Gasteiger partial charge in [0.1, 0.15) is 0 Å². The molecule has 2 aromatic rings. The lowest BCUT2D eigenvalue weighted by molar-refractivity contribution is -0.112. The highest BCUT2D eigenvalue weighted by Gasteiger charge is 2.26. The van der Waals surface area contributed by atoms with Gasteiger partial charge in [0, 0.05) is 29.4 Å². The standard InChI is InChI=1S/C15H15ClN2O/c16-12-6-7-14-13(10-12)15(18(19)9-8-17-14)11-4-2-1-3-5-11/h1-7,10,15,17,19H,8-9H2. The average Bonchev–Trinajstić information content (AvgIpc) is 2.58. The second kappa shape index (κ2) is 5.21. The van der Waals surface area contributed by atoms with Crippen molar-refractivity contribution in [1.82, 2.24) is 5.06 Å². The lowest BCUT2D eigenvalue weighted by Gasteiger charge is -2.25. The Bertz CT molecular complexity index is 574. The van der Waals surface area contributed by atoms with Crippen LogP contribution < -0.4 is 5.32 Å². The van der Waals surface area contributed by atoms with E-state index in [1.165, 1.54) is 5.06 Å². The first-order valence-electron chi connectivity index (χ1n) is 6.29. The van der Waals surface area contributed by atoms with Crippen molar-refractivity contribution in [3.8, 4) is 0 Å². The zero-order valence-corrected chi connectivity index (χ0v) is 11.1. The number of fused-ring (bicyclic) bond motifs is 1. The Hall–Kier alpha value is -1.55. The van der Waals surface area contributed by atoms with Crippen molar-refractivity contribution in [1.29, 1.82) is 0 Å². The van der Waals surface area contributed by atoms with Crippen LogP contribution in [0.15, 0.2) is 48.5 Å². The highest BCUT2D eigenvalue weighted by molar-refractivity contribution is 6.30. The van der Waals surface area contributed by atoms with Gasteiger partial charge in [-0.15, -0.1) is 0 Å². The van der Waals surface area contributed by atoms with E-state index in [0.717, 1.165) is 16.8 Å². The fraction of sp³-hybridized carbons (Fsp3) is 0.200. The van der Waals surface area contributed by atoms with E-state index in [2.05, 4.69) is 5.32 Å². The predicted molar refractivity (Wildman–Crippen MR) is 76.7 cm³/mol. The van der Waals surface area contributed by atoms with Crippen LogP contribution >= 0.6 is 11.6 Å². The minimum atomic E-state index is -0.190. The van der Waals surface area contributed by atoms with Crippen LogP contribution in [0.2, 0.25) is 5.02 Å². The summed E-state index contributed by atoms with van der Waals surface area (Å²) in [5.74, 6) is 0. The number of benzene rings is 2. The molecule has 1 heterocycles. The van der Waals surface area contributed by atoms with Gasteiger partial charge >= 0.3 is 0 Å². The molecule has 2 aromatic carbocycles. The zero-order chi connectivity index (χ0) is 13.2. The third-order valence-corrected chi connectivity index (χ3v) is 3.61. The summed E-state index contributed by atoms with van der Waals surface area (Å²) in [4.78, 5) is 0. The number of hydrogen-bond acceptors (Lipinski definition) is 3.